The number of nitrogens with zero attached hydrogens (tertiary/aromatic N) is 10. The van der Waals surface area contributed by atoms with Crippen molar-refractivity contribution < 1.29 is 64.5 Å². The van der Waals surface area contributed by atoms with E-state index < -0.39 is 6.17 Å². The molecule has 1 amide bonds. The van der Waals surface area contributed by atoms with Crippen molar-refractivity contribution in [2.75, 3.05) is 109 Å². The third-order valence-corrected chi connectivity index (χ3v) is 10.5. The first-order valence-corrected chi connectivity index (χ1v) is 21.9. The van der Waals surface area contributed by atoms with E-state index in [1.807, 2.05) is 49.0 Å². The Bertz CT molecular complexity index is 1840. The summed E-state index contributed by atoms with van der Waals surface area (Å²) in [7, 11) is 1.94. The molecule has 0 aromatic carbocycles. The molecule has 1 atom stereocenters. The van der Waals surface area contributed by atoms with E-state index in [-0.39, 0.29) is 74.2 Å². The van der Waals surface area contributed by atoms with E-state index in [9.17, 15) is 18.8 Å². The van der Waals surface area contributed by atoms with Crippen molar-refractivity contribution in [2.24, 2.45) is 0 Å². The van der Waals surface area contributed by atoms with Gasteiger partial charge >= 0.3 is 31.1 Å². The second kappa shape index (κ2) is 27.8. The van der Waals surface area contributed by atoms with Crippen LogP contribution in [0.25, 0.3) is 11.2 Å². The second-order valence-corrected chi connectivity index (χ2v) is 16.5. The molecule has 4 N–H and O–H groups in total. The van der Waals surface area contributed by atoms with Gasteiger partial charge in [-0.3, -0.25) is 24.0 Å². The Morgan fingerprint density at radius 2 is 1.92 bits per heavy atom. The molecule has 0 unspecified atom stereocenters. The summed E-state index contributed by atoms with van der Waals surface area (Å²) < 4.78 is 27.6. The molecule has 2 aliphatic heterocycles. The van der Waals surface area contributed by atoms with E-state index in [1.54, 1.807) is 13.3 Å². The van der Waals surface area contributed by atoms with Gasteiger partial charge in [-0.15, -0.1) is 6.61 Å². The number of amides is 1. The van der Waals surface area contributed by atoms with Gasteiger partial charge in [-0.25, -0.2) is 9.37 Å². The molecule has 0 saturated carbocycles. The Kier molecular flexibility index (Phi) is 23.8. The maximum Gasteiger partial charge on any atom is 2.00 e. The number of aliphatic hydroxyl groups excluding tert-OH is 1. The zero-order chi connectivity index (χ0) is 45.1. The predicted molar refractivity (Wildman–Crippen MR) is 236 cm³/mol. The van der Waals surface area contributed by atoms with Gasteiger partial charge < -0.3 is 49.8 Å². The topological polar surface area (TPSA) is 200 Å². The number of hydrogen-bond acceptors (Lipinski definition) is 16. The van der Waals surface area contributed by atoms with Crippen LogP contribution >= 0.6 is 0 Å². The predicted octanol–water partition coefficient (Wildman–Crippen LogP) is 2.49. The van der Waals surface area contributed by atoms with Crippen molar-refractivity contribution in [1.29, 1.82) is 0 Å². The molecule has 3 aromatic rings. The molecule has 63 heavy (non-hydrogen) atoms. The Hall–Kier alpha value is -3.45. The fourth-order valence-electron chi connectivity index (χ4n) is 6.87. The molecule has 0 spiro atoms. The van der Waals surface area contributed by atoms with Gasteiger partial charge in [-0.05, 0) is 66.5 Å². The molecule has 2 fully saturated rings. The number of hydrogen-bond donors (Lipinski definition) is 4. The summed E-state index contributed by atoms with van der Waals surface area (Å²) in [5, 5.41) is 23.3. The summed E-state index contributed by atoms with van der Waals surface area (Å²) >= 11 is 0. The van der Waals surface area contributed by atoms with Crippen molar-refractivity contribution in [3.63, 3.8) is 0 Å². The Labute approximate surface area is 395 Å². The number of halogens is 1. The van der Waals surface area contributed by atoms with Crippen LogP contribution in [0.4, 0.5) is 21.8 Å². The third-order valence-electron chi connectivity index (χ3n) is 10.5. The quantitative estimate of drug-likeness (QED) is 0.0579. The molecule has 0 radical (unpaired) electrons. The Morgan fingerprint density at radius 3 is 2.59 bits per heavy atom. The number of imidazole rings is 1. The number of likely N-dealkylation sites (N-methyl/N-ethyl adjacent to an activating group) is 2. The number of aromatic nitrogens is 6. The molecule has 0 bridgehead atoms. The van der Waals surface area contributed by atoms with E-state index in [4.69, 9.17) is 29.6 Å². The molecule has 21 heteroatoms. The summed E-state index contributed by atoms with van der Waals surface area (Å²) in [6.07, 6.45) is 6.95. The molecule has 5 rings (SSSR count). The average molecular weight is 1110 g/mol. The minimum absolute atomic E-state index is 0. The first kappa shape index (κ1) is 53.9. The van der Waals surface area contributed by atoms with Gasteiger partial charge in [0.05, 0.1) is 50.5 Å². The van der Waals surface area contributed by atoms with Gasteiger partial charge in [0.15, 0.2) is 17.0 Å². The van der Waals surface area contributed by atoms with E-state index >= 15 is 0 Å². The Balaban J connectivity index is 0.000000467. The zero-order valence-electron chi connectivity index (χ0n) is 38.4. The number of ether oxygens (including phenoxy) is 2. The third kappa shape index (κ3) is 18.2. The first-order valence-electron chi connectivity index (χ1n) is 21.9. The minimum Gasteiger partial charge on any atom is -0.636 e. The molecule has 19 nitrogen and oxygen atoms in total. The van der Waals surface area contributed by atoms with Crippen LogP contribution in [0.2, 0.25) is 0 Å². The van der Waals surface area contributed by atoms with Gasteiger partial charge in [0, 0.05) is 64.1 Å². The number of carbonyl (C=O) groups excluding carboxylic acids is 3. The fraction of sp³-hybridized carbons (Fsp3) is 0.690. The van der Waals surface area contributed by atoms with Crippen molar-refractivity contribution in [3.05, 3.63) is 31.4 Å². The van der Waals surface area contributed by atoms with Gasteiger partial charge in [0.2, 0.25) is 11.9 Å². The summed E-state index contributed by atoms with van der Waals surface area (Å²) in [5.74, 6) is 0.596. The summed E-state index contributed by atoms with van der Waals surface area (Å²) in [4.78, 5) is 56.6. The van der Waals surface area contributed by atoms with E-state index in [1.165, 1.54) is 13.2 Å². The van der Waals surface area contributed by atoms with Crippen molar-refractivity contribution >= 4 is 46.5 Å². The van der Waals surface area contributed by atoms with Crippen LogP contribution < -0.4 is 20.9 Å². The Morgan fingerprint density at radius 1 is 1.13 bits per heavy atom. The second-order valence-electron chi connectivity index (χ2n) is 16.5. The number of rotatable bonds is 24. The van der Waals surface area contributed by atoms with Crippen LogP contribution in [0.5, 0.6) is 0 Å². The number of unbranched alkanes of at least 4 members (excludes halogenated alkanes) is 2. The smallest absolute Gasteiger partial charge is 0.636 e. The van der Waals surface area contributed by atoms with Crippen LogP contribution in [0.1, 0.15) is 72.9 Å². The van der Waals surface area contributed by atoms with Crippen LogP contribution in [0.15, 0.2) is 12.5 Å². The number of morpholine rings is 1. The van der Waals surface area contributed by atoms with Crippen molar-refractivity contribution in [2.45, 2.75) is 91.9 Å². The fourth-order valence-corrected chi connectivity index (χ4v) is 6.87. The van der Waals surface area contributed by atoms with Crippen LogP contribution in [-0.4, -0.2) is 172 Å². The average Bonchev–Trinajstić information content (AvgIpc) is 3.98. The standard InChI is InChI=1S/C30H50FN11O2.C12H20N2O4.U/c1-6-23-24(20-41(38-23)13-9-7-8-11-33-25(44)18-32-12-15-39(5)16-17-43)35-27-26-28(42(21-34-26)30(2,3)4)37-29(36-27)40-14-10-22(31)19-40;1-3-13(9-11(15)17-4-2)5-6-14-7-8-18-12(16)10-14;/h20-22,32,43H,6-19H2,1-5H3,(H,33,44)(H,35,36,37);4,8H,3,5-7,9-10H2,1-2H3;/q;-2;+2/t22-;;/m0../s1. The summed E-state index contributed by atoms with van der Waals surface area (Å²) in [5.41, 5.74) is 2.95. The molecule has 2 saturated heterocycles. The number of anilines is 3. The number of cyclic esters (lactones) is 1. The monoisotopic (exact) mass is 1110 g/mol. The normalized spacial score (nSPS) is 15.6. The largest absolute Gasteiger partial charge is 2.00 e. The van der Waals surface area contributed by atoms with Crippen molar-refractivity contribution in [1.82, 2.24) is 54.6 Å². The SMILES string of the molecule is CCc1nn(CCCCCNC(=O)CNCCN(C)CCO)cc1Nc1nc(N2CC[C@H](F)C2)nc2c1ncn2C(C)(C)C.C[CH-]OC(=O)CN(CC)CCN1C[CH-]OC(=O)C1.[U+2]. The number of nitrogens with one attached hydrogen (secondary N) is 3. The van der Waals surface area contributed by atoms with Crippen molar-refractivity contribution in [3.8, 4) is 0 Å². The van der Waals surface area contributed by atoms with E-state index in [0.29, 0.717) is 75.2 Å². The van der Waals surface area contributed by atoms with Gasteiger partial charge in [-0.1, -0.05) is 20.4 Å². The zero-order valence-corrected chi connectivity index (χ0v) is 42.5. The number of fused-ring (bicyclic) bond motifs is 1. The maximum atomic E-state index is 14.1. The number of aryl methyl sites for hydroxylation is 2. The number of carbonyl (C=O) groups is 3. The van der Waals surface area contributed by atoms with E-state index in [0.717, 1.165) is 69.8 Å². The van der Waals surface area contributed by atoms with Crippen LogP contribution in [-0.2, 0) is 42.4 Å². The molecule has 5 heterocycles. The number of aliphatic hydroxyl groups is 1. The number of esters is 2. The van der Waals surface area contributed by atoms with Gasteiger partial charge in [-0.2, -0.15) is 28.6 Å². The maximum absolute atomic E-state index is 14.1. The molecular formula is C42H70FN13O6U. The van der Waals surface area contributed by atoms with Crippen LogP contribution in [0, 0.1) is 44.3 Å². The minimum atomic E-state index is -0.878. The van der Waals surface area contributed by atoms with Gasteiger partial charge in [0.1, 0.15) is 6.17 Å². The first-order chi connectivity index (χ1) is 29.7. The van der Waals surface area contributed by atoms with Crippen LogP contribution in [0.3, 0.4) is 0 Å². The molecule has 0 aliphatic carbocycles. The van der Waals surface area contributed by atoms with E-state index in [2.05, 4.69) is 48.6 Å². The molecule has 350 valence electrons. The summed E-state index contributed by atoms with van der Waals surface area (Å²) in [6, 6.07) is 0. The van der Waals surface area contributed by atoms with Gasteiger partial charge in [0.25, 0.3) is 11.9 Å². The molecular weight excluding hydrogens is 1040 g/mol. The molecule has 3 aromatic heterocycles. The summed E-state index contributed by atoms with van der Waals surface area (Å²) in [6.45, 7) is 23.1. The number of alkyl halides is 1. The molecule has 2 aliphatic rings.